The Balaban J connectivity index is 3.59. The molecule has 0 N–H and O–H groups in total. The smallest absolute Gasteiger partial charge is 0.219 e. The highest BCUT2D eigenvalue weighted by Crippen LogP contribution is 2.21. The summed E-state index contributed by atoms with van der Waals surface area (Å²) in [5, 5.41) is 0. The lowest BCUT2D eigenvalue weighted by Crippen LogP contribution is -2.24. The summed E-state index contributed by atoms with van der Waals surface area (Å²) in [4.78, 5) is 12.8. The molecule has 0 heterocycles. The van der Waals surface area contributed by atoms with Crippen LogP contribution in [0.3, 0.4) is 0 Å². The van der Waals surface area contributed by atoms with Crippen molar-refractivity contribution in [3.63, 3.8) is 0 Å². The summed E-state index contributed by atoms with van der Waals surface area (Å²) < 4.78 is 0. The van der Waals surface area contributed by atoms with Crippen LogP contribution in [0.4, 0.5) is 0 Å². The van der Waals surface area contributed by atoms with Crippen molar-refractivity contribution in [1.29, 1.82) is 0 Å². The number of hydrogen-bond donors (Lipinski definition) is 0. The highest BCUT2D eigenvalue weighted by molar-refractivity contribution is 5.72. The Morgan fingerprint density at radius 2 is 1.88 bits per heavy atom. The zero-order chi connectivity index (χ0) is 12.6. The van der Waals surface area contributed by atoms with E-state index >= 15 is 0 Å². The van der Waals surface area contributed by atoms with Crippen LogP contribution in [0.2, 0.25) is 0 Å². The number of amides is 1. The number of unbranched alkanes of at least 4 members (excludes halogenated alkanes) is 1. The number of carbonyl (C=O) groups excluding carboxylic acids is 1. The Morgan fingerprint density at radius 3 is 2.31 bits per heavy atom. The van der Waals surface area contributed by atoms with Gasteiger partial charge in [0.2, 0.25) is 5.91 Å². The lowest BCUT2D eigenvalue weighted by molar-refractivity contribution is -0.127. The molecular formula is C14H29NO. The van der Waals surface area contributed by atoms with Crippen molar-refractivity contribution < 1.29 is 4.79 Å². The third-order valence-corrected chi connectivity index (χ3v) is 3.28. The summed E-state index contributed by atoms with van der Waals surface area (Å²) in [7, 11) is 1.88. The van der Waals surface area contributed by atoms with Crippen molar-refractivity contribution in [3.8, 4) is 0 Å². The van der Waals surface area contributed by atoms with E-state index in [4.69, 9.17) is 0 Å². The molecule has 0 aromatic rings. The second-order valence-electron chi connectivity index (χ2n) is 5.34. The van der Waals surface area contributed by atoms with E-state index in [1.165, 1.54) is 25.7 Å². The third kappa shape index (κ3) is 7.72. The Morgan fingerprint density at radius 1 is 1.25 bits per heavy atom. The maximum atomic E-state index is 11.0. The van der Waals surface area contributed by atoms with Gasteiger partial charge in [-0.15, -0.1) is 0 Å². The monoisotopic (exact) mass is 227 g/mol. The molecule has 0 radical (unpaired) electrons. The van der Waals surface area contributed by atoms with E-state index in [1.54, 1.807) is 6.92 Å². The summed E-state index contributed by atoms with van der Waals surface area (Å²) in [6.45, 7) is 9.42. The predicted molar refractivity (Wildman–Crippen MR) is 70.4 cm³/mol. The average molecular weight is 227 g/mol. The van der Waals surface area contributed by atoms with Crippen molar-refractivity contribution in [2.45, 2.75) is 59.8 Å². The molecule has 1 amide bonds. The SMILES string of the molecule is CCC(CCCCN(C)C(C)=O)CC(C)C. The molecule has 0 fully saturated rings. The average Bonchev–Trinajstić information content (AvgIpc) is 2.21. The van der Waals surface area contributed by atoms with Gasteiger partial charge >= 0.3 is 0 Å². The molecule has 0 aliphatic rings. The molecule has 0 spiro atoms. The highest BCUT2D eigenvalue weighted by Gasteiger charge is 2.08. The molecule has 0 aliphatic heterocycles. The summed E-state index contributed by atoms with van der Waals surface area (Å²) in [5.41, 5.74) is 0. The van der Waals surface area contributed by atoms with Gasteiger partial charge in [-0.3, -0.25) is 4.79 Å². The molecule has 16 heavy (non-hydrogen) atoms. The first-order valence-corrected chi connectivity index (χ1v) is 6.69. The minimum Gasteiger partial charge on any atom is -0.346 e. The van der Waals surface area contributed by atoms with Crippen molar-refractivity contribution >= 4 is 5.91 Å². The maximum Gasteiger partial charge on any atom is 0.219 e. The van der Waals surface area contributed by atoms with E-state index in [0.29, 0.717) is 0 Å². The van der Waals surface area contributed by atoms with Crippen LogP contribution >= 0.6 is 0 Å². The molecule has 0 aliphatic carbocycles. The minimum atomic E-state index is 0.175. The zero-order valence-electron chi connectivity index (χ0n) is 11.8. The summed E-state index contributed by atoms with van der Waals surface area (Å²) >= 11 is 0. The van der Waals surface area contributed by atoms with Crippen molar-refractivity contribution in [3.05, 3.63) is 0 Å². The van der Waals surface area contributed by atoms with Crippen LogP contribution in [0.25, 0.3) is 0 Å². The maximum absolute atomic E-state index is 11.0. The van der Waals surface area contributed by atoms with E-state index in [9.17, 15) is 4.79 Å². The third-order valence-electron chi connectivity index (χ3n) is 3.28. The Hall–Kier alpha value is -0.530. The second-order valence-corrected chi connectivity index (χ2v) is 5.34. The van der Waals surface area contributed by atoms with Gasteiger partial charge in [0.1, 0.15) is 0 Å². The fourth-order valence-corrected chi connectivity index (χ4v) is 2.09. The molecule has 0 aromatic heterocycles. The van der Waals surface area contributed by atoms with Gasteiger partial charge in [0.05, 0.1) is 0 Å². The van der Waals surface area contributed by atoms with E-state index in [0.717, 1.165) is 24.8 Å². The van der Waals surface area contributed by atoms with E-state index in [1.807, 2.05) is 11.9 Å². The van der Waals surface area contributed by atoms with E-state index in [-0.39, 0.29) is 5.91 Å². The molecule has 0 saturated carbocycles. The van der Waals surface area contributed by atoms with Crippen LogP contribution in [-0.2, 0) is 4.79 Å². The lowest BCUT2D eigenvalue weighted by Gasteiger charge is -2.18. The Kier molecular flexibility index (Phi) is 8.32. The van der Waals surface area contributed by atoms with Gasteiger partial charge in [-0.1, -0.05) is 40.0 Å². The second kappa shape index (κ2) is 8.60. The molecule has 0 saturated heterocycles. The van der Waals surface area contributed by atoms with Crippen LogP contribution < -0.4 is 0 Å². The van der Waals surface area contributed by atoms with Crippen molar-refractivity contribution in [2.24, 2.45) is 11.8 Å². The first-order valence-electron chi connectivity index (χ1n) is 6.69. The minimum absolute atomic E-state index is 0.175. The van der Waals surface area contributed by atoms with Crippen molar-refractivity contribution in [1.82, 2.24) is 4.90 Å². The van der Waals surface area contributed by atoms with Gasteiger partial charge in [0, 0.05) is 20.5 Å². The van der Waals surface area contributed by atoms with Gasteiger partial charge in [0.25, 0.3) is 0 Å². The number of carbonyl (C=O) groups is 1. The largest absolute Gasteiger partial charge is 0.346 e. The summed E-state index contributed by atoms with van der Waals surface area (Å²) in [6.07, 6.45) is 6.35. The van der Waals surface area contributed by atoms with Gasteiger partial charge < -0.3 is 4.90 Å². The standard InChI is InChI=1S/C14H29NO/c1-6-14(11-12(2)3)9-7-8-10-15(5)13(4)16/h12,14H,6-11H2,1-5H3. The fraction of sp³-hybridized carbons (Fsp3) is 0.929. The van der Waals surface area contributed by atoms with Gasteiger partial charge in [-0.2, -0.15) is 0 Å². The fourth-order valence-electron chi connectivity index (χ4n) is 2.09. The normalized spacial score (nSPS) is 12.9. The van der Waals surface area contributed by atoms with Crippen LogP contribution in [0.1, 0.15) is 59.8 Å². The van der Waals surface area contributed by atoms with Gasteiger partial charge in [0.15, 0.2) is 0 Å². The van der Waals surface area contributed by atoms with Crippen LogP contribution in [0.15, 0.2) is 0 Å². The predicted octanol–water partition coefficient (Wildman–Crippen LogP) is 3.71. The lowest BCUT2D eigenvalue weighted by atomic mass is 9.90. The molecule has 0 bridgehead atoms. The molecule has 2 heteroatoms. The van der Waals surface area contributed by atoms with Crippen LogP contribution in [-0.4, -0.2) is 24.4 Å². The van der Waals surface area contributed by atoms with E-state index < -0.39 is 0 Å². The first kappa shape index (κ1) is 15.5. The highest BCUT2D eigenvalue weighted by atomic mass is 16.2. The molecule has 96 valence electrons. The number of hydrogen-bond acceptors (Lipinski definition) is 1. The molecule has 1 atom stereocenters. The molecule has 2 nitrogen and oxygen atoms in total. The molecule has 1 unspecified atom stereocenters. The number of rotatable bonds is 8. The van der Waals surface area contributed by atoms with Crippen LogP contribution in [0.5, 0.6) is 0 Å². The van der Waals surface area contributed by atoms with Gasteiger partial charge in [-0.05, 0) is 24.7 Å². The molecule has 0 aromatic carbocycles. The quantitative estimate of drug-likeness (QED) is 0.579. The van der Waals surface area contributed by atoms with Crippen LogP contribution in [0, 0.1) is 11.8 Å². The Bertz CT molecular complexity index is 189. The van der Waals surface area contributed by atoms with Gasteiger partial charge in [-0.25, -0.2) is 0 Å². The first-order chi connectivity index (χ1) is 7.47. The number of nitrogens with zero attached hydrogens (tertiary/aromatic N) is 1. The molecular weight excluding hydrogens is 198 g/mol. The van der Waals surface area contributed by atoms with E-state index in [2.05, 4.69) is 20.8 Å². The zero-order valence-corrected chi connectivity index (χ0v) is 11.8. The molecule has 0 rings (SSSR count). The van der Waals surface area contributed by atoms with Crippen molar-refractivity contribution in [2.75, 3.05) is 13.6 Å². The summed E-state index contributed by atoms with van der Waals surface area (Å²) in [6, 6.07) is 0. The topological polar surface area (TPSA) is 20.3 Å². The Labute approximate surface area is 101 Å². The summed E-state index contributed by atoms with van der Waals surface area (Å²) in [5.74, 6) is 1.86.